The van der Waals surface area contributed by atoms with Crippen LogP contribution in [0.15, 0.2) is 39.4 Å². The van der Waals surface area contributed by atoms with Crippen molar-refractivity contribution in [1.29, 1.82) is 0 Å². The van der Waals surface area contributed by atoms with Crippen molar-refractivity contribution >= 4 is 34.2 Å². The molecule has 0 aliphatic heterocycles. The molecule has 0 nitrogen and oxygen atoms in total. The Morgan fingerprint density at radius 3 is 2.55 bits per heavy atom. The summed E-state index contributed by atoms with van der Waals surface area (Å²) in [4.78, 5) is 0. The summed E-state index contributed by atoms with van der Waals surface area (Å²) in [5.74, 6) is 0. The van der Waals surface area contributed by atoms with E-state index in [9.17, 15) is 0 Å². The van der Waals surface area contributed by atoms with Crippen LogP contribution in [-0.2, 0) is 6.42 Å². The van der Waals surface area contributed by atoms with Gasteiger partial charge in [-0.2, -0.15) is 0 Å². The fourth-order valence-corrected chi connectivity index (χ4v) is 1.20. The van der Waals surface area contributed by atoms with Gasteiger partial charge in [0.2, 0.25) is 0 Å². The average molecular weight is 279 g/mol. The summed E-state index contributed by atoms with van der Waals surface area (Å²) in [5, 5.41) is 0.886. The lowest BCUT2D eigenvalue weighted by molar-refractivity contribution is 1.25. The van der Waals surface area contributed by atoms with Gasteiger partial charge in [0.05, 0.1) is 0 Å². The Kier molecular flexibility index (Phi) is 3.94. The van der Waals surface area contributed by atoms with Gasteiger partial charge >= 0.3 is 0 Å². The van der Waals surface area contributed by atoms with Crippen LogP contribution >= 0.6 is 34.2 Å². The smallest absolute Gasteiger partial charge is 0.0285 e. The van der Waals surface area contributed by atoms with Crippen LogP contribution in [0.1, 0.15) is 5.56 Å². The van der Waals surface area contributed by atoms with Crippen molar-refractivity contribution in [2.45, 2.75) is 6.42 Å². The lowest BCUT2D eigenvalue weighted by Crippen LogP contribution is -1.81. The van der Waals surface area contributed by atoms with E-state index in [1.807, 2.05) is 22.3 Å². The Labute approximate surface area is 85.4 Å². The Balaban J connectivity index is 2.65. The van der Waals surface area contributed by atoms with Crippen LogP contribution in [0.2, 0.25) is 0 Å². The van der Waals surface area contributed by atoms with Crippen LogP contribution in [0.5, 0.6) is 0 Å². The van der Waals surface area contributed by atoms with Gasteiger partial charge in [0.1, 0.15) is 0 Å². The molecule has 0 saturated heterocycles. The molecule has 0 saturated carbocycles. The Morgan fingerprint density at radius 1 is 1.36 bits per heavy atom. The first-order valence-electron chi connectivity index (χ1n) is 3.31. The van der Waals surface area contributed by atoms with Crippen LogP contribution in [0, 0.1) is 0 Å². The van der Waals surface area contributed by atoms with Gasteiger partial charge in [0, 0.05) is 11.5 Å². The van der Waals surface area contributed by atoms with Crippen LogP contribution < -0.4 is 0 Å². The van der Waals surface area contributed by atoms with E-state index in [0.717, 1.165) is 11.5 Å². The molecule has 0 unspecified atom stereocenters. The first kappa shape index (κ1) is 9.07. The second-order valence-corrected chi connectivity index (χ2v) is 3.33. The third-order valence-electron chi connectivity index (χ3n) is 1.33. The molecule has 11 heavy (non-hydrogen) atoms. The number of benzene rings is 1. The molecule has 1 aromatic carbocycles. The first-order chi connectivity index (χ1) is 5.33. The maximum Gasteiger partial charge on any atom is 0.0285 e. The minimum absolute atomic E-state index is 0.839. The van der Waals surface area contributed by atoms with Crippen molar-refractivity contribution in [1.82, 2.24) is 0 Å². The van der Waals surface area contributed by atoms with E-state index >= 15 is 0 Å². The van der Waals surface area contributed by atoms with Gasteiger partial charge in [0.25, 0.3) is 0 Å². The highest BCUT2D eigenvalue weighted by Gasteiger charge is 1.92. The van der Waals surface area contributed by atoms with Gasteiger partial charge < -0.3 is 0 Å². The van der Waals surface area contributed by atoms with E-state index in [1.165, 1.54) is 5.56 Å². The van der Waals surface area contributed by atoms with Crippen LogP contribution in [-0.4, -0.2) is 0 Å². The predicted octanol–water partition coefficient (Wildman–Crippen LogP) is 3.74. The zero-order chi connectivity index (χ0) is 8.10. The monoisotopic (exact) mass is 278 g/mol. The summed E-state index contributed by atoms with van der Waals surface area (Å²) < 4.78 is 1.90. The van der Waals surface area contributed by atoms with Crippen molar-refractivity contribution in [2.75, 3.05) is 0 Å². The Hall–Kier alpha value is -0.0200. The van der Waals surface area contributed by atoms with Crippen LogP contribution in [0.25, 0.3) is 0 Å². The summed E-state index contributed by atoms with van der Waals surface area (Å²) in [5.41, 5.74) is 1.26. The topological polar surface area (TPSA) is 0 Å². The third kappa shape index (κ3) is 3.25. The molecule has 0 amide bonds. The van der Waals surface area contributed by atoms with Crippen LogP contribution in [0.4, 0.5) is 0 Å². The maximum atomic E-state index is 5.85. The quantitative estimate of drug-likeness (QED) is 0.723. The van der Waals surface area contributed by atoms with E-state index < -0.39 is 0 Å². The highest BCUT2D eigenvalue weighted by Crippen LogP contribution is 2.12. The van der Waals surface area contributed by atoms with Crippen molar-refractivity contribution in [3.05, 3.63) is 45.0 Å². The molecule has 0 heterocycles. The third-order valence-corrected chi connectivity index (χ3v) is 2.70. The fraction of sp³-hybridized carbons (Fsp3) is 0.111. The highest BCUT2D eigenvalue weighted by atomic mass is 127. The standard InChI is InChI=1S/C9H8ClI/c10-9(7-11)6-8-4-2-1-3-5-8/h1-5,7H,6H2. The molecule has 0 aliphatic rings. The second-order valence-electron chi connectivity index (χ2n) is 2.22. The van der Waals surface area contributed by atoms with Gasteiger partial charge in [-0.05, 0) is 9.65 Å². The number of halogens is 2. The summed E-state index contributed by atoms with van der Waals surface area (Å²) in [7, 11) is 0. The van der Waals surface area contributed by atoms with E-state index in [2.05, 4.69) is 34.7 Å². The molecule has 1 aromatic rings. The first-order valence-corrected chi connectivity index (χ1v) is 4.94. The molecule has 0 aliphatic carbocycles. The van der Waals surface area contributed by atoms with Gasteiger partial charge in [-0.25, -0.2) is 0 Å². The largest absolute Gasteiger partial charge is 0.0883 e. The molecule has 0 N–H and O–H groups in total. The molecule has 58 valence electrons. The highest BCUT2D eigenvalue weighted by molar-refractivity contribution is 14.1. The summed E-state index contributed by atoms with van der Waals surface area (Å²) in [6.45, 7) is 0. The van der Waals surface area contributed by atoms with E-state index in [4.69, 9.17) is 11.6 Å². The SMILES string of the molecule is ClC(=CI)Cc1ccccc1. The number of allylic oxidation sites excluding steroid dienone is 1. The Bertz CT molecular complexity index is 241. The molecule has 0 aromatic heterocycles. The molecule has 0 spiro atoms. The zero-order valence-electron chi connectivity index (χ0n) is 5.93. The molecule has 2 heteroatoms. The van der Waals surface area contributed by atoms with Gasteiger partial charge in [-0.15, -0.1) is 0 Å². The Morgan fingerprint density at radius 2 is 2.00 bits per heavy atom. The fourth-order valence-electron chi connectivity index (χ4n) is 0.829. The minimum atomic E-state index is 0.839. The normalized spacial score (nSPS) is 11.6. The summed E-state index contributed by atoms with van der Waals surface area (Å²) in [6.07, 6.45) is 0.839. The summed E-state index contributed by atoms with van der Waals surface area (Å²) in [6, 6.07) is 10.2. The predicted molar refractivity (Wildman–Crippen MR) is 58.1 cm³/mol. The zero-order valence-corrected chi connectivity index (χ0v) is 8.84. The molecule has 0 atom stereocenters. The molecule has 1 rings (SSSR count). The number of hydrogen-bond donors (Lipinski definition) is 0. The molecular formula is C9H8ClI. The molecular weight excluding hydrogens is 270 g/mol. The van der Waals surface area contributed by atoms with Crippen molar-refractivity contribution in [3.8, 4) is 0 Å². The second kappa shape index (κ2) is 4.78. The molecule has 0 bridgehead atoms. The lowest BCUT2D eigenvalue weighted by Gasteiger charge is -1.96. The van der Waals surface area contributed by atoms with Crippen molar-refractivity contribution in [2.24, 2.45) is 0 Å². The van der Waals surface area contributed by atoms with E-state index in [1.54, 1.807) is 0 Å². The van der Waals surface area contributed by atoms with Gasteiger partial charge in [0.15, 0.2) is 0 Å². The van der Waals surface area contributed by atoms with Crippen molar-refractivity contribution in [3.63, 3.8) is 0 Å². The maximum absolute atomic E-state index is 5.85. The van der Waals surface area contributed by atoms with E-state index in [-0.39, 0.29) is 0 Å². The minimum Gasteiger partial charge on any atom is -0.0883 e. The van der Waals surface area contributed by atoms with Crippen molar-refractivity contribution < 1.29 is 0 Å². The number of rotatable bonds is 2. The average Bonchev–Trinajstić information content (AvgIpc) is 2.06. The lowest BCUT2D eigenvalue weighted by atomic mass is 10.1. The van der Waals surface area contributed by atoms with Gasteiger partial charge in [-0.1, -0.05) is 64.5 Å². The molecule has 0 fully saturated rings. The van der Waals surface area contributed by atoms with E-state index in [0.29, 0.717) is 0 Å². The van der Waals surface area contributed by atoms with Gasteiger partial charge in [-0.3, -0.25) is 0 Å². The molecule has 0 radical (unpaired) electrons. The number of hydrogen-bond acceptors (Lipinski definition) is 0. The van der Waals surface area contributed by atoms with Crippen LogP contribution in [0.3, 0.4) is 0 Å². The summed E-state index contributed by atoms with van der Waals surface area (Å²) >= 11 is 8.00.